The summed E-state index contributed by atoms with van der Waals surface area (Å²) in [6, 6.07) is 13.5. The summed E-state index contributed by atoms with van der Waals surface area (Å²) in [6.45, 7) is 0.628. The van der Waals surface area contributed by atoms with Crippen LogP contribution in [-0.4, -0.2) is 31.5 Å². The number of para-hydroxylation sites is 1. The average molecular weight is 361 g/mol. The van der Waals surface area contributed by atoms with E-state index in [1.165, 1.54) is 0 Å². The van der Waals surface area contributed by atoms with Gasteiger partial charge >= 0.3 is 10.2 Å². The highest BCUT2D eigenvalue weighted by atomic mass is 32.3. The van der Waals surface area contributed by atoms with E-state index in [9.17, 15) is 17.1 Å². The maximum atomic E-state index is 12.8. The van der Waals surface area contributed by atoms with Crippen molar-refractivity contribution in [2.24, 2.45) is 5.92 Å². The molecular weight excluding hydrogens is 345 g/mol. The molecule has 4 rings (SSSR count). The first kappa shape index (κ1) is 16.1. The van der Waals surface area contributed by atoms with Crippen molar-refractivity contribution in [3.63, 3.8) is 0 Å². The maximum absolute atomic E-state index is 12.8. The molecule has 1 unspecified atom stereocenters. The summed E-state index contributed by atoms with van der Waals surface area (Å²) >= 11 is 0. The molecule has 2 heterocycles. The van der Waals surface area contributed by atoms with E-state index < -0.39 is 21.9 Å². The van der Waals surface area contributed by atoms with Gasteiger partial charge in [-0.15, -0.1) is 3.89 Å². The lowest BCUT2D eigenvalue weighted by atomic mass is 10.1. The lowest BCUT2D eigenvalue weighted by molar-refractivity contribution is -0.128. The van der Waals surface area contributed by atoms with Gasteiger partial charge < -0.3 is 9.32 Å². The van der Waals surface area contributed by atoms with Gasteiger partial charge in [0.1, 0.15) is 11.2 Å². The molecule has 25 heavy (non-hydrogen) atoms. The first-order valence-corrected chi connectivity index (χ1v) is 9.54. The van der Waals surface area contributed by atoms with Crippen molar-refractivity contribution in [2.45, 2.75) is 13.0 Å². The number of rotatable bonds is 4. The van der Waals surface area contributed by atoms with Gasteiger partial charge in [-0.05, 0) is 23.8 Å². The van der Waals surface area contributed by atoms with Crippen molar-refractivity contribution >= 4 is 38.1 Å². The second kappa shape index (κ2) is 5.84. The number of fused-ring (bicyclic) bond motifs is 3. The Morgan fingerprint density at radius 3 is 2.68 bits per heavy atom. The Morgan fingerprint density at radius 1 is 1.12 bits per heavy atom. The van der Waals surface area contributed by atoms with Crippen LogP contribution in [-0.2, 0) is 21.6 Å². The van der Waals surface area contributed by atoms with Crippen LogP contribution in [0.5, 0.6) is 0 Å². The fourth-order valence-electron chi connectivity index (χ4n) is 3.49. The second-order valence-electron chi connectivity index (χ2n) is 6.48. The number of benzene rings is 2. The van der Waals surface area contributed by atoms with Crippen LogP contribution < -0.4 is 0 Å². The third-order valence-corrected chi connectivity index (χ3v) is 5.41. The lowest BCUT2D eigenvalue weighted by Gasteiger charge is -2.16. The van der Waals surface area contributed by atoms with E-state index in [0.29, 0.717) is 6.54 Å². The molecule has 0 aliphatic carbocycles. The van der Waals surface area contributed by atoms with Gasteiger partial charge in [-0.2, -0.15) is 8.42 Å². The SMILES string of the molecule is O=C1CC(CS(=O)(=O)F)CN1Cc1ccc2oc3ccccc3c2c1. The van der Waals surface area contributed by atoms with Gasteiger partial charge in [0.2, 0.25) is 5.91 Å². The summed E-state index contributed by atoms with van der Waals surface area (Å²) in [6.07, 6.45) is 0.0695. The van der Waals surface area contributed by atoms with Crippen LogP contribution in [0.15, 0.2) is 46.9 Å². The van der Waals surface area contributed by atoms with E-state index in [1.807, 2.05) is 42.5 Å². The Hall–Kier alpha value is -2.41. The van der Waals surface area contributed by atoms with Crippen LogP contribution in [0.3, 0.4) is 0 Å². The molecule has 0 saturated carbocycles. The quantitative estimate of drug-likeness (QED) is 0.669. The molecule has 1 aliphatic rings. The highest BCUT2D eigenvalue weighted by Gasteiger charge is 2.32. The highest BCUT2D eigenvalue weighted by molar-refractivity contribution is 7.86. The summed E-state index contributed by atoms with van der Waals surface area (Å²) in [5.41, 5.74) is 2.51. The van der Waals surface area contributed by atoms with Crippen molar-refractivity contribution in [3.05, 3.63) is 48.0 Å². The topological polar surface area (TPSA) is 67.6 Å². The number of nitrogens with zero attached hydrogens (tertiary/aromatic N) is 1. The Bertz CT molecular complexity index is 1070. The van der Waals surface area contributed by atoms with Gasteiger partial charge in [-0.1, -0.05) is 24.3 Å². The normalized spacial score (nSPS) is 18.5. The Kier molecular flexibility index (Phi) is 3.76. The first-order chi connectivity index (χ1) is 11.9. The summed E-state index contributed by atoms with van der Waals surface area (Å²) in [5.74, 6) is -1.23. The van der Waals surface area contributed by atoms with Crippen LogP contribution >= 0.6 is 0 Å². The number of furan rings is 1. The number of hydrogen-bond acceptors (Lipinski definition) is 4. The predicted molar refractivity (Wildman–Crippen MR) is 92.1 cm³/mol. The number of likely N-dealkylation sites (tertiary alicyclic amines) is 1. The van der Waals surface area contributed by atoms with Crippen LogP contribution in [0.2, 0.25) is 0 Å². The third-order valence-electron chi connectivity index (χ3n) is 4.54. The monoisotopic (exact) mass is 361 g/mol. The number of hydrogen-bond donors (Lipinski definition) is 0. The molecule has 7 heteroatoms. The van der Waals surface area contributed by atoms with Crippen LogP contribution in [0.25, 0.3) is 21.9 Å². The Morgan fingerprint density at radius 2 is 1.88 bits per heavy atom. The molecular formula is C18H16FNO4S. The summed E-state index contributed by atoms with van der Waals surface area (Å²) in [5, 5.41) is 1.98. The molecule has 2 aromatic carbocycles. The highest BCUT2D eigenvalue weighted by Crippen LogP contribution is 2.30. The fourth-order valence-corrected chi connectivity index (χ4v) is 4.28. The van der Waals surface area contributed by atoms with Gasteiger partial charge in [-0.3, -0.25) is 4.79 Å². The van der Waals surface area contributed by atoms with Crippen LogP contribution in [0, 0.1) is 5.92 Å². The van der Waals surface area contributed by atoms with Gasteiger partial charge in [0.15, 0.2) is 0 Å². The zero-order valence-electron chi connectivity index (χ0n) is 13.3. The molecule has 1 saturated heterocycles. The zero-order chi connectivity index (χ0) is 17.6. The molecule has 0 radical (unpaired) electrons. The molecule has 1 fully saturated rings. The van der Waals surface area contributed by atoms with Crippen molar-refractivity contribution in [2.75, 3.05) is 12.3 Å². The molecule has 130 valence electrons. The van der Waals surface area contributed by atoms with E-state index >= 15 is 0 Å². The summed E-state index contributed by atoms with van der Waals surface area (Å²) < 4.78 is 40.2. The largest absolute Gasteiger partial charge is 0.456 e. The standard InChI is InChI=1S/C18H16FNO4S/c19-25(22,23)11-13-8-18(21)20(10-13)9-12-5-6-17-15(7-12)14-3-1-2-4-16(14)24-17/h1-7,13H,8-11H2. The number of halogens is 1. The van der Waals surface area contributed by atoms with Crippen molar-refractivity contribution in [3.8, 4) is 0 Å². The number of carbonyl (C=O) groups is 1. The summed E-state index contributed by atoms with van der Waals surface area (Å²) in [4.78, 5) is 13.7. The maximum Gasteiger partial charge on any atom is 0.302 e. The molecule has 1 aliphatic heterocycles. The van der Waals surface area contributed by atoms with Crippen molar-refractivity contribution in [1.29, 1.82) is 0 Å². The molecule has 1 aromatic heterocycles. The van der Waals surface area contributed by atoms with Gasteiger partial charge in [0.25, 0.3) is 0 Å². The first-order valence-electron chi connectivity index (χ1n) is 7.99. The van der Waals surface area contributed by atoms with Crippen LogP contribution in [0.1, 0.15) is 12.0 Å². The van der Waals surface area contributed by atoms with Gasteiger partial charge in [-0.25, -0.2) is 0 Å². The lowest BCUT2D eigenvalue weighted by Crippen LogP contribution is -2.25. The smallest absolute Gasteiger partial charge is 0.302 e. The molecule has 0 spiro atoms. The Balaban J connectivity index is 1.58. The second-order valence-corrected chi connectivity index (χ2v) is 7.89. The van der Waals surface area contributed by atoms with E-state index in [4.69, 9.17) is 4.42 Å². The van der Waals surface area contributed by atoms with Gasteiger partial charge in [0, 0.05) is 36.2 Å². The zero-order valence-corrected chi connectivity index (χ0v) is 14.1. The molecule has 3 aromatic rings. The molecule has 1 amide bonds. The van der Waals surface area contributed by atoms with Gasteiger partial charge in [0.05, 0.1) is 5.75 Å². The molecule has 5 nitrogen and oxygen atoms in total. The number of amides is 1. The minimum Gasteiger partial charge on any atom is -0.456 e. The fraction of sp³-hybridized carbons (Fsp3) is 0.278. The van der Waals surface area contributed by atoms with E-state index in [0.717, 1.165) is 27.5 Å². The van der Waals surface area contributed by atoms with Crippen molar-refractivity contribution in [1.82, 2.24) is 4.90 Å². The van der Waals surface area contributed by atoms with E-state index in [1.54, 1.807) is 4.90 Å². The predicted octanol–water partition coefficient (Wildman–Crippen LogP) is 3.23. The van der Waals surface area contributed by atoms with Crippen LogP contribution in [0.4, 0.5) is 3.89 Å². The molecule has 1 atom stereocenters. The minimum absolute atomic E-state index is 0.0695. The summed E-state index contributed by atoms with van der Waals surface area (Å²) in [7, 11) is -4.56. The van der Waals surface area contributed by atoms with Crippen molar-refractivity contribution < 1.29 is 21.5 Å². The number of carbonyl (C=O) groups excluding carboxylic acids is 1. The minimum atomic E-state index is -4.56. The Labute approximate surface area is 144 Å². The molecule has 0 bridgehead atoms. The molecule has 0 N–H and O–H groups in total. The van der Waals surface area contributed by atoms with E-state index in [2.05, 4.69) is 0 Å². The third kappa shape index (κ3) is 3.24. The van der Waals surface area contributed by atoms with E-state index in [-0.39, 0.29) is 18.9 Å². The average Bonchev–Trinajstić information content (AvgIpc) is 3.06.